The van der Waals surface area contributed by atoms with Crippen molar-refractivity contribution in [2.24, 2.45) is 0 Å². The summed E-state index contributed by atoms with van der Waals surface area (Å²) in [7, 11) is 1.65. The van der Waals surface area contributed by atoms with E-state index in [0.29, 0.717) is 5.56 Å². The van der Waals surface area contributed by atoms with Crippen LogP contribution in [0.25, 0.3) is 0 Å². The van der Waals surface area contributed by atoms with Crippen molar-refractivity contribution in [2.45, 2.75) is 33.0 Å². The van der Waals surface area contributed by atoms with E-state index >= 15 is 0 Å². The Hall–Kier alpha value is -1.59. The van der Waals surface area contributed by atoms with Crippen LogP contribution in [0, 0.1) is 0 Å². The third-order valence-electron chi connectivity index (χ3n) is 3.26. The highest BCUT2D eigenvalue weighted by Crippen LogP contribution is 2.17. The maximum Gasteiger partial charge on any atom is 0.254 e. The van der Waals surface area contributed by atoms with Gasteiger partial charge in [-0.05, 0) is 37.1 Å². The lowest BCUT2D eigenvalue weighted by Crippen LogP contribution is -2.40. The number of hydrogen-bond donors (Lipinski definition) is 2. The van der Waals surface area contributed by atoms with E-state index in [1.807, 2.05) is 32.0 Å². The van der Waals surface area contributed by atoms with Crippen LogP contribution in [0.3, 0.4) is 0 Å². The van der Waals surface area contributed by atoms with Crippen LogP contribution in [-0.4, -0.2) is 36.3 Å². The minimum Gasteiger partial charge on any atom is -0.352 e. The average molecular weight is 312 g/mol. The van der Waals surface area contributed by atoms with Gasteiger partial charge in [-0.3, -0.25) is 9.59 Å². The van der Waals surface area contributed by atoms with Gasteiger partial charge in [0.05, 0.1) is 6.54 Å². The molecule has 0 aliphatic carbocycles. The maximum atomic E-state index is 12.3. The Kier molecular flexibility index (Phi) is 6.18. The van der Waals surface area contributed by atoms with E-state index in [0.717, 1.165) is 18.7 Å². The summed E-state index contributed by atoms with van der Waals surface area (Å²) in [6.45, 7) is 5.53. The van der Waals surface area contributed by atoms with Crippen LogP contribution < -0.4 is 10.6 Å². The molecule has 0 fully saturated rings. The van der Waals surface area contributed by atoms with Gasteiger partial charge in [-0.1, -0.05) is 6.07 Å². The lowest BCUT2D eigenvalue weighted by Gasteiger charge is -2.18. The minimum absolute atomic E-state index is 0. The molecule has 1 aliphatic heterocycles. The molecule has 1 aliphatic rings. The first-order chi connectivity index (χ1) is 9.47. The SMILES string of the molecule is CC(C)NC(=O)CN(C)C(=O)c1ccc2c(c1)CNC2.Cl. The molecule has 0 saturated heterocycles. The topological polar surface area (TPSA) is 61.4 Å². The van der Waals surface area contributed by atoms with Gasteiger partial charge in [0.1, 0.15) is 0 Å². The minimum atomic E-state index is -0.140. The summed E-state index contributed by atoms with van der Waals surface area (Å²) in [5.74, 6) is -0.266. The van der Waals surface area contributed by atoms with Crippen molar-refractivity contribution < 1.29 is 9.59 Å². The quantitative estimate of drug-likeness (QED) is 0.881. The number of carbonyl (C=O) groups is 2. The number of fused-ring (bicyclic) bond motifs is 1. The second-order valence-corrected chi connectivity index (χ2v) is 5.47. The van der Waals surface area contributed by atoms with Crippen LogP contribution in [-0.2, 0) is 17.9 Å². The number of amides is 2. The van der Waals surface area contributed by atoms with E-state index in [2.05, 4.69) is 10.6 Å². The monoisotopic (exact) mass is 311 g/mol. The molecule has 0 atom stereocenters. The number of halogens is 1. The molecule has 21 heavy (non-hydrogen) atoms. The molecule has 0 aromatic heterocycles. The van der Waals surface area contributed by atoms with E-state index < -0.39 is 0 Å². The molecule has 1 aromatic rings. The van der Waals surface area contributed by atoms with Gasteiger partial charge in [0.15, 0.2) is 0 Å². The third kappa shape index (κ3) is 4.44. The molecule has 1 heterocycles. The van der Waals surface area contributed by atoms with Gasteiger partial charge in [-0.25, -0.2) is 0 Å². The molecule has 1 aromatic carbocycles. The fraction of sp³-hybridized carbons (Fsp3) is 0.467. The number of nitrogens with one attached hydrogen (secondary N) is 2. The van der Waals surface area contributed by atoms with Crippen molar-refractivity contribution in [3.05, 3.63) is 34.9 Å². The second-order valence-electron chi connectivity index (χ2n) is 5.47. The van der Waals surface area contributed by atoms with Crippen LogP contribution in [0.4, 0.5) is 0 Å². The highest BCUT2D eigenvalue weighted by molar-refractivity contribution is 5.96. The van der Waals surface area contributed by atoms with Crippen molar-refractivity contribution in [1.82, 2.24) is 15.5 Å². The van der Waals surface area contributed by atoms with Crippen LogP contribution in [0.5, 0.6) is 0 Å². The molecular weight excluding hydrogens is 290 g/mol. The highest BCUT2D eigenvalue weighted by Gasteiger charge is 2.18. The standard InChI is InChI=1S/C15H21N3O2.ClH/c1-10(2)17-14(19)9-18(3)15(20)11-4-5-12-7-16-8-13(12)6-11;/h4-6,10,16H,7-9H2,1-3H3,(H,17,19);1H. The maximum absolute atomic E-state index is 12.3. The predicted octanol–water partition coefficient (Wildman–Crippen LogP) is 1.31. The molecule has 0 saturated carbocycles. The first-order valence-electron chi connectivity index (χ1n) is 6.84. The summed E-state index contributed by atoms with van der Waals surface area (Å²) in [6, 6.07) is 5.79. The molecule has 5 nitrogen and oxygen atoms in total. The van der Waals surface area contributed by atoms with Crippen molar-refractivity contribution in [2.75, 3.05) is 13.6 Å². The summed E-state index contributed by atoms with van der Waals surface area (Å²) in [5.41, 5.74) is 3.03. The molecule has 2 N–H and O–H groups in total. The Morgan fingerprint density at radius 1 is 1.29 bits per heavy atom. The van der Waals surface area contributed by atoms with Crippen molar-refractivity contribution in [3.63, 3.8) is 0 Å². The zero-order chi connectivity index (χ0) is 14.7. The first kappa shape index (κ1) is 17.5. The summed E-state index contributed by atoms with van der Waals surface area (Å²) in [5, 5.41) is 6.03. The van der Waals surface area contributed by atoms with E-state index in [1.54, 1.807) is 7.05 Å². The van der Waals surface area contributed by atoms with Gasteiger partial charge in [0.25, 0.3) is 5.91 Å². The van der Waals surface area contributed by atoms with E-state index in [4.69, 9.17) is 0 Å². The van der Waals surface area contributed by atoms with Gasteiger partial charge >= 0.3 is 0 Å². The summed E-state index contributed by atoms with van der Waals surface area (Å²) in [6.07, 6.45) is 0. The van der Waals surface area contributed by atoms with Gasteiger partial charge in [0.2, 0.25) is 5.91 Å². The molecule has 2 amide bonds. The third-order valence-corrected chi connectivity index (χ3v) is 3.26. The molecule has 6 heteroatoms. The second kappa shape index (κ2) is 7.43. The van der Waals surface area contributed by atoms with Crippen molar-refractivity contribution >= 4 is 24.2 Å². The number of carbonyl (C=O) groups excluding carboxylic acids is 2. The van der Waals surface area contributed by atoms with Crippen molar-refractivity contribution in [3.8, 4) is 0 Å². The summed E-state index contributed by atoms with van der Waals surface area (Å²) in [4.78, 5) is 25.4. The lowest BCUT2D eigenvalue weighted by atomic mass is 10.1. The molecule has 2 rings (SSSR count). The predicted molar refractivity (Wildman–Crippen MR) is 84.5 cm³/mol. The summed E-state index contributed by atoms with van der Waals surface area (Å²) >= 11 is 0. The number of hydrogen-bond acceptors (Lipinski definition) is 3. The van der Waals surface area contributed by atoms with Crippen LogP contribution in [0.1, 0.15) is 35.3 Å². The lowest BCUT2D eigenvalue weighted by molar-refractivity contribution is -0.122. The van der Waals surface area contributed by atoms with Gasteiger partial charge in [0, 0.05) is 31.7 Å². The molecular formula is C15H22ClN3O2. The van der Waals surface area contributed by atoms with Gasteiger partial charge in [-0.2, -0.15) is 0 Å². The number of rotatable bonds is 4. The van der Waals surface area contributed by atoms with E-state index in [9.17, 15) is 9.59 Å². The normalized spacial score (nSPS) is 12.6. The molecule has 0 spiro atoms. The largest absolute Gasteiger partial charge is 0.352 e. The Bertz CT molecular complexity index is 532. The molecule has 0 radical (unpaired) electrons. The van der Waals surface area contributed by atoms with Crippen LogP contribution in [0.2, 0.25) is 0 Å². The molecule has 0 bridgehead atoms. The highest BCUT2D eigenvalue weighted by atomic mass is 35.5. The molecule has 116 valence electrons. The van der Waals surface area contributed by atoms with Crippen LogP contribution in [0.15, 0.2) is 18.2 Å². The summed E-state index contributed by atoms with van der Waals surface area (Å²) < 4.78 is 0. The fourth-order valence-corrected chi connectivity index (χ4v) is 2.30. The Balaban J connectivity index is 0.00000220. The first-order valence-corrected chi connectivity index (χ1v) is 6.84. The zero-order valence-corrected chi connectivity index (χ0v) is 13.4. The van der Waals surface area contributed by atoms with Crippen molar-refractivity contribution in [1.29, 1.82) is 0 Å². The van der Waals surface area contributed by atoms with Gasteiger partial charge < -0.3 is 15.5 Å². The number of benzene rings is 1. The number of likely N-dealkylation sites (N-methyl/N-ethyl adjacent to an activating group) is 1. The van der Waals surface area contributed by atoms with E-state index in [-0.39, 0.29) is 36.8 Å². The number of nitrogens with zero attached hydrogens (tertiary/aromatic N) is 1. The average Bonchev–Trinajstić information content (AvgIpc) is 2.83. The fourth-order valence-electron chi connectivity index (χ4n) is 2.30. The Morgan fingerprint density at radius 3 is 2.62 bits per heavy atom. The Labute approximate surface area is 131 Å². The molecule has 0 unspecified atom stereocenters. The van der Waals surface area contributed by atoms with Gasteiger partial charge in [-0.15, -0.1) is 12.4 Å². The van der Waals surface area contributed by atoms with E-state index in [1.165, 1.54) is 10.5 Å². The Morgan fingerprint density at radius 2 is 1.95 bits per heavy atom. The zero-order valence-electron chi connectivity index (χ0n) is 12.6. The van der Waals surface area contributed by atoms with Crippen LogP contribution >= 0.6 is 12.4 Å². The smallest absolute Gasteiger partial charge is 0.254 e.